The summed E-state index contributed by atoms with van der Waals surface area (Å²) in [4.78, 5) is 11.0. The molecule has 0 aliphatic carbocycles. The average Bonchev–Trinajstić information content (AvgIpc) is 2.72. The van der Waals surface area contributed by atoms with Crippen molar-refractivity contribution < 1.29 is 32.7 Å². The molecule has 2 N–H and O–H groups in total. The van der Waals surface area contributed by atoms with Crippen LogP contribution in [0.5, 0.6) is 5.75 Å². The van der Waals surface area contributed by atoms with Crippen LogP contribution < -0.4 is 0 Å². The first-order valence-electron chi connectivity index (χ1n) is 11.2. The van der Waals surface area contributed by atoms with E-state index in [1.54, 1.807) is 51.1 Å². The van der Waals surface area contributed by atoms with E-state index in [2.05, 4.69) is 0 Å². The van der Waals surface area contributed by atoms with Gasteiger partial charge in [0.1, 0.15) is 5.75 Å². The number of aromatic hydroxyl groups is 1. The number of hydrogen-bond donors (Lipinski definition) is 2. The molecule has 7 nitrogen and oxygen atoms in total. The number of fused-ring (bicyclic) bond motifs is 1. The molecule has 0 saturated carbocycles. The van der Waals surface area contributed by atoms with Crippen LogP contribution in [0.3, 0.4) is 0 Å². The minimum Gasteiger partial charge on any atom is -0.507 e. The van der Waals surface area contributed by atoms with Gasteiger partial charge in [0.2, 0.25) is 0 Å². The second kappa shape index (κ2) is 10.9. The largest absolute Gasteiger partial charge is 0.507 e. The molecule has 0 amide bonds. The lowest BCUT2D eigenvalue weighted by Crippen LogP contribution is -2.12. The first-order chi connectivity index (χ1) is 15.3. The zero-order valence-corrected chi connectivity index (χ0v) is 22.3. The fraction of sp³-hybridized carbons (Fsp3) is 0.500. The molecule has 0 spiro atoms. The summed E-state index contributed by atoms with van der Waals surface area (Å²) in [5, 5.41) is 11.7. The molecule has 2 unspecified atom stereocenters. The summed E-state index contributed by atoms with van der Waals surface area (Å²) < 4.78 is 43.5. The van der Waals surface area contributed by atoms with Gasteiger partial charge in [-0.15, -0.1) is 0 Å². The Morgan fingerprint density at radius 2 is 1.61 bits per heavy atom. The predicted molar refractivity (Wildman–Crippen MR) is 134 cm³/mol. The van der Waals surface area contributed by atoms with Gasteiger partial charge in [-0.2, -0.15) is 0 Å². The van der Waals surface area contributed by atoms with Gasteiger partial charge in [-0.25, -0.2) is 0 Å². The maximum absolute atomic E-state index is 13.7. The maximum atomic E-state index is 13.7. The van der Waals surface area contributed by atoms with Crippen LogP contribution in [0.1, 0.15) is 66.0 Å². The molecule has 0 aliphatic heterocycles. The first-order valence-corrected chi connectivity index (χ1v) is 14.3. The van der Waals surface area contributed by atoms with Crippen LogP contribution in [0, 0.1) is 0 Å². The van der Waals surface area contributed by atoms with Gasteiger partial charge in [0.25, 0.3) is 0 Å². The van der Waals surface area contributed by atoms with E-state index in [-0.39, 0.29) is 19.0 Å². The van der Waals surface area contributed by atoms with Crippen LogP contribution in [0.2, 0.25) is 0 Å². The van der Waals surface area contributed by atoms with Crippen molar-refractivity contribution in [2.75, 3.05) is 13.2 Å². The lowest BCUT2D eigenvalue weighted by atomic mass is 9.83. The molecule has 0 aromatic heterocycles. The highest BCUT2D eigenvalue weighted by atomic mass is 31.2. The predicted octanol–water partition coefficient (Wildman–Crippen LogP) is 7.41. The van der Waals surface area contributed by atoms with E-state index in [0.717, 1.165) is 0 Å². The summed E-state index contributed by atoms with van der Waals surface area (Å²) >= 11 is 0. The molecule has 0 saturated heterocycles. The summed E-state index contributed by atoms with van der Waals surface area (Å²) in [7, 11) is -8.75. The van der Waals surface area contributed by atoms with Gasteiger partial charge < -0.3 is 23.6 Å². The smallest absolute Gasteiger partial charge is 0.369 e. The zero-order chi connectivity index (χ0) is 25.0. The van der Waals surface area contributed by atoms with Gasteiger partial charge in [-0.05, 0) is 55.7 Å². The number of phenolic OH excluding ortho intramolecular Hbond substituents is 1. The number of phenols is 1. The van der Waals surface area contributed by atoms with Crippen molar-refractivity contribution in [3.8, 4) is 5.75 Å². The Labute approximate surface area is 196 Å². The quantitative estimate of drug-likeness (QED) is 0.329. The average molecular weight is 498 g/mol. The second-order valence-electron chi connectivity index (χ2n) is 8.84. The highest BCUT2D eigenvalue weighted by molar-refractivity contribution is 7.78. The van der Waals surface area contributed by atoms with Crippen LogP contribution in [0.15, 0.2) is 35.4 Å². The van der Waals surface area contributed by atoms with Crippen molar-refractivity contribution in [3.63, 3.8) is 0 Å². The monoisotopic (exact) mass is 498 g/mol. The molecule has 184 valence electrons. The van der Waals surface area contributed by atoms with Gasteiger partial charge in [0.15, 0.2) is 5.06 Å². The fourth-order valence-electron chi connectivity index (χ4n) is 3.42. The Hall–Kier alpha value is -1.46. The van der Waals surface area contributed by atoms with Gasteiger partial charge in [0, 0.05) is 10.9 Å². The summed E-state index contributed by atoms with van der Waals surface area (Å²) in [6.07, 6.45) is 1.30. The summed E-state index contributed by atoms with van der Waals surface area (Å²) in [6, 6.07) is 8.90. The zero-order valence-electron chi connectivity index (χ0n) is 20.5. The van der Waals surface area contributed by atoms with E-state index < -0.39 is 31.8 Å². The summed E-state index contributed by atoms with van der Waals surface area (Å²) in [6.45, 7) is 12.7. The third-order valence-corrected chi connectivity index (χ3v) is 9.94. The van der Waals surface area contributed by atoms with E-state index in [1.165, 1.54) is 6.08 Å². The van der Waals surface area contributed by atoms with Crippen molar-refractivity contribution in [2.24, 2.45) is 0 Å². The topological polar surface area (TPSA) is 102 Å². The van der Waals surface area contributed by atoms with Crippen molar-refractivity contribution in [1.29, 1.82) is 0 Å². The maximum Gasteiger partial charge on any atom is 0.369 e. The number of benzene rings is 2. The van der Waals surface area contributed by atoms with Gasteiger partial charge in [0.05, 0.1) is 19.3 Å². The molecule has 9 heteroatoms. The lowest BCUT2D eigenvalue weighted by molar-refractivity contribution is 0.188. The summed E-state index contributed by atoms with van der Waals surface area (Å²) in [5.74, 6) is 0.137. The molecule has 2 rings (SSSR count). The molecular weight excluding hydrogens is 462 g/mol. The highest BCUT2D eigenvalue weighted by Gasteiger charge is 2.44. The van der Waals surface area contributed by atoms with Crippen LogP contribution >= 0.6 is 15.2 Å². The number of hydrogen-bond acceptors (Lipinski definition) is 6. The van der Waals surface area contributed by atoms with Gasteiger partial charge >= 0.3 is 15.2 Å². The van der Waals surface area contributed by atoms with Crippen LogP contribution in [-0.4, -0.2) is 29.3 Å². The number of rotatable bonds is 10. The van der Waals surface area contributed by atoms with Crippen molar-refractivity contribution >= 4 is 32.0 Å². The molecule has 0 radical (unpaired) electrons. The van der Waals surface area contributed by atoms with Gasteiger partial charge in [-0.1, -0.05) is 52.0 Å². The van der Waals surface area contributed by atoms with Gasteiger partial charge in [-0.3, -0.25) is 9.13 Å². The Morgan fingerprint density at radius 3 is 2.09 bits per heavy atom. The SMILES string of the molecule is CCOP(=O)(OCC)C(=Cc1cc(C(C)(C)C)c(O)c2ccccc12)P(=O)(O)OC(C)CC. The fourth-order valence-corrected chi connectivity index (χ4v) is 7.50. The molecular formula is C24H36O7P2. The third kappa shape index (κ3) is 6.36. The molecule has 0 bridgehead atoms. The van der Waals surface area contributed by atoms with Crippen LogP contribution in [0.25, 0.3) is 16.8 Å². The molecule has 2 aromatic carbocycles. The Kier molecular flexibility index (Phi) is 9.14. The van der Waals surface area contributed by atoms with E-state index in [4.69, 9.17) is 13.6 Å². The minimum atomic E-state index is -4.58. The molecule has 2 aromatic rings. The van der Waals surface area contributed by atoms with Crippen molar-refractivity contribution in [3.05, 3.63) is 46.5 Å². The van der Waals surface area contributed by atoms with E-state index >= 15 is 0 Å². The Balaban J connectivity index is 2.94. The molecule has 0 aliphatic rings. The summed E-state index contributed by atoms with van der Waals surface area (Å²) in [5.41, 5.74) is 0.728. The normalized spacial score (nSPS) is 16.1. The molecule has 0 fully saturated rings. The van der Waals surface area contributed by atoms with E-state index in [0.29, 0.717) is 28.3 Å². The molecule has 2 atom stereocenters. The standard InChI is InChI=1S/C24H36O7P2/c1-8-17(4)31-32(26,27)22(33(28,29-9-2)30-10-3)16-18-15-21(24(5,6)7)23(25)20-14-12-11-13-19(18)20/h11-17,25H,8-10H2,1-7H3,(H,26,27). The van der Waals surface area contributed by atoms with Crippen LogP contribution in [0.4, 0.5) is 0 Å². The lowest BCUT2D eigenvalue weighted by Gasteiger charge is -2.26. The Morgan fingerprint density at radius 1 is 1.06 bits per heavy atom. The highest BCUT2D eigenvalue weighted by Crippen LogP contribution is 2.72. The third-order valence-electron chi connectivity index (χ3n) is 5.21. The van der Waals surface area contributed by atoms with E-state index in [9.17, 15) is 19.1 Å². The first kappa shape index (κ1) is 27.8. The minimum absolute atomic E-state index is 0.0154. The van der Waals surface area contributed by atoms with Crippen molar-refractivity contribution in [1.82, 2.24) is 0 Å². The second-order valence-corrected chi connectivity index (χ2v) is 12.9. The molecule has 0 heterocycles. The molecule has 33 heavy (non-hydrogen) atoms. The van der Waals surface area contributed by atoms with Crippen molar-refractivity contribution in [2.45, 2.75) is 66.4 Å². The Bertz CT molecular complexity index is 1090. The van der Waals surface area contributed by atoms with E-state index in [1.807, 2.05) is 27.7 Å². The van der Waals surface area contributed by atoms with Crippen LogP contribution in [-0.2, 0) is 28.1 Å².